The molecule has 20 heavy (non-hydrogen) atoms. The van der Waals surface area contributed by atoms with Crippen LogP contribution in [0.3, 0.4) is 0 Å². The molecule has 1 aliphatic carbocycles. The van der Waals surface area contributed by atoms with Gasteiger partial charge in [-0.25, -0.2) is 0 Å². The number of halogens is 1. The largest absolute Gasteiger partial charge is 0.352 e. The molecule has 0 saturated heterocycles. The van der Waals surface area contributed by atoms with Gasteiger partial charge in [-0.1, -0.05) is 17.7 Å². The van der Waals surface area contributed by atoms with Crippen LogP contribution in [-0.2, 0) is 9.59 Å². The Kier molecular flexibility index (Phi) is 4.33. The highest BCUT2D eigenvalue weighted by atomic mass is 35.5. The van der Waals surface area contributed by atoms with Gasteiger partial charge in [-0.2, -0.15) is 0 Å². The number of hydrogen-bond donors (Lipinski definition) is 1. The van der Waals surface area contributed by atoms with E-state index in [1.165, 1.54) is 11.8 Å². The van der Waals surface area contributed by atoms with Gasteiger partial charge in [0.25, 0.3) is 0 Å². The predicted molar refractivity (Wildman–Crippen MR) is 80.1 cm³/mol. The second kappa shape index (κ2) is 5.83. The Morgan fingerprint density at radius 2 is 2.00 bits per heavy atom. The molecule has 0 heterocycles. The number of carbonyl (C=O) groups is 2. The fourth-order valence-electron chi connectivity index (χ4n) is 2.24. The summed E-state index contributed by atoms with van der Waals surface area (Å²) in [6.07, 6.45) is 2.05. The molecule has 1 aromatic carbocycles. The van der Waals surface area contributed by atoms with Gasteiger partial charge >= 0.3 is 0 Å². The fourth-order valence-corrected chi connectivity index (χ4v) is 2.67. The Morgan fingerprint density at radius 1 is 1.35 bits per heavy atom. The molecule has 1 fully saturated rings. The summed E-state index contributed by atoms with van der Waals surface area (Å²) < 4.78 is 0. The Balaban J connectivity index is 2.23. The van der Waals surface area contributed by atoms with Crippen LogP contribution in [-0.4, -0.2) is 24.4 Å². The summed E-state index contributed by atoms with van der Waals surface area (Å²) in [4.78, 5) is 25.2. The first kappa shape index (κ1) is 14.9. The smallest absolute Gasteiger partial charge is 0.240 e. The van der Waals surface area contributed by atoms with Crippen molar-refractivity contribution in [1.82, 2.24) is 5.32 Å². The first-order chi connectivity index (χ1) is 9.38. The Morgan fingerprint density at radius 3 is 2.50 bits per heavy atom. The Bertz CT molecular complexity index is 530. The van der Waals surface area contributed by atoms with E-state index in [-0.39, 0.29) is 24.4 Å². The molecule has 0 spiro atoms. The third-order valence-corrected chi connectivity index (χ3v) is 3.58. The van der Waals surface area contributed by atoms with Gasteiger partial charge < -0.3 is 10.2 Å². The van der Waals surface area contributed by atoms with Crippen LogP contribution >= 0.6 is 11.6 Å². The highest BCUT2D eigenvalue weighted by molar-refractivity contribution is 6.34. The van der Waals surface area contributed by atoms with E-state index in [1.807, 2.05) is 19.9 Å². The molecule has 108 valence electrons. The van der Waals surface area contributed by atoms with Gasteiger partial charge in [-0.3, -0.25) is 9.59 Å². The number of amides is 2. The van der Waals surface area contributed by atoms with Gasteiger partial charge in [0.15, 0.2) is 0 Å². The SMILES string of the molecule is CC(=O)N(CC(=O)NC1CC1)c1c(C)cc(C)cc1Cl. The molecule has 5 heteroatoms. The number of hydrogen-bond acceptors (Lipinski definition) is 2. The quantitative estimate of drug-likeness (QED) is 0.928. The van der Waals surface area contributed by atoms with E-state index in [1.54, 1.807) is 6.07 Å². The lowest BCUT2D eigenvalue weighted by Gasteiger charge is -2.24. The van der Waals surface area contributed by atoms with Crippen LogP contribution in [0.1, 0.15) is 30.9 Å². The van der Waals surface area contributed by atoms with Gasteiger partial charge in [0.2, 0.25) is 11.8 Å². The third-order valence-electron chi connectivity index (χ3n) is 3.29. The molecule has 0 aliphatic heterocycles. The fraction of sp³-hybridized carbons (Fsp3) is 0.467. The standard InChI is InChI=1S/C15H19ClN2O2/c1-9-6-10(2)15(13(16)7-9)18(11(3)19)8-14(20)17-12-4-5-12/h6-7,12H,4-5,8H2,1-3H3,(H,17,20). The van der Waals surface area contributed by atoms with Gasteiger partial charge in [0.1, 0.15) is 6.54 Å². The Labute approximate surface area is 124 Å². The van der Waals surface area contributed by atoms with Crippen molar-refractivity contribution >= 4 is 29.1 Å². The summed E-state index contributed by atoms with van der Waals surface area (Å²) >= 11 is 6.25. The van der Waals surface area contributed by atoms with Crippen LogP contribution in [0, 0.1) is 13.8 Å². The zero-order valence-electron chi connectivity index (χ0n) is 12.0. The number of benzene rings is 1. The first-order valence-corrected chi connectivity index (χ1v) is 7.10. The van der Waals surface area contributed by atoms with E-state index in [0.717, 1.165) is 24.0 Å². The number of aryl methyl sites for hydroxylation is 2. The highest BCUT2D eigenvalue weighted by Crippen LogP contribution is 2.31. The third kappa shape index (κ3) is 3.51. The van der Waals surface area contributed by atoms with Gasteiger partial charge in [0, 0.05) is 13.0 Å². The van der Waals surface area contributed by atoms with E-state index >= 15 is 0 Å². The minimum absolute atomic E-state index is 0.00938. The van der Waals surface area contributed by atoms with Crippen molar-refractivity contribution in [2.45, 2.75) is 39.7 Å². The summed E-state index contributed by atoms with van der Waals surface area (Å²) in [6, 6.07) is 4.04. The average molecular weight is 295 g/mol. The van der Waals surface area contributed by atoms with Crippen molar-refractivity contribution in [1.29, 1.82) is 0 Å². The van der Waals surface area contributed by atoms with Crippen LogP contribution in [0.5, 0.6) is 0 Å². The van der Waals surface area contributed by atoms with Crippen LogP contribution < -0.4 is 10.2 Å². The molecule has 1 N–H and O–H groups in total. The molecule has 2 rings (SSSR count). The van der Waals surface area contributed by atoms with Crippen molar-refractivity contribution in [3.63, 3.8) is 0 Å². The van der Waals surface area contributed by atoms with Crippen LogP contribution in [0.4, 0.5) is 5.69 Å². The average Bonchev–Trinajstić information content (AvgIpc) is 3.09. The molecular formula is C15H19ClN2O2. The van der Waals surface area contributed by atoms with Crippen molar-refractivity contribution in [2.75, 3.05) is 11.4 Å². The number of carbonyl (C=O) groups excluding carboxylic acids is 2. The summed E-state index contributed by atoms with van der Waals surface area (Å²) in [6.45, 7) is 5.29. The predicted octanol–water partition coefficient (Wildman–Crippen LogP) is 2.59. The molecule has 1 saturated carbocycles. The van der Waals surface area contributed by atoms with E-state index in [2.05, 4.69) is 5.32 Å². The number of nitrogens with zero attached hydrogens (tertiary/aromatic N) is 1. The molecule has 0 bridgehead atoms. The zero-order chi connectivity index (χ0) is 14.9. The van der Waals surface area contributed by atoms with Crippen LogP contribution in [0.2, 0.25) is 5.02 Å². The maximum absolute atomic E-state index is 11.9. The van der Waals surface area contributed by atoms with Gasteiger partial charge in [0.05, 0.1) is 10.7 Å². The highest BCUT2D eigenvalue weighted by Gasteiger charge is 2.26. The molecule has 1 aromatic rings. The number of nitrogens with one attached hydrogen (secondary N) is 1. The minimum atomic E-state index is -0.190. The van der Waals surface area contributed by atoms with Crippen molar-refractivity contribution < 1.29 is 9.59 Å². The van der Waals surface area contributed by atoms with Crippen LogP contribution in [0.15, 0.2) is 12.1 Å². The molecule has 2 amide bonds. The normalized spacial score (nSPS) is 14.0. The summed E-state index contributed by atoms with van der Waals surface area (Å²) in [7, 11) is 0. The van der Waals surface area contributed by atoms with Crippen molar-refractivity contribution in [3.8, 4) is 0 Å². The molecule has 0 radical (unpaired) electrons. The van der Waals surface area contributed by atoms with E-state index < -0.39 is 0 Å². The molecule has 0 atom stereocenters. The number of anilines is 1. The minimum Gasteiger partial charge on any atom is -0.352 e. The first-order valence-electron chi connectivity index (χ1n) is 6.72. The molecule has 0 aromatic heterocycles. The molecule has 1 aliphatic rings. The lowest BCUT2D eigenvalue weighted by atomic mass is 10.1. The monoisotopic (exact) mass is 294 g/mol. The van der Waals surface area contributed by atoms with E-state index in [4.69, 9.17) is 11.6 Å². The maximum atomic E-state index is 11.9. The lowest BCUT2D eigenvalue weighted by molar-refractivity contribution is -0.123. The summed E-state index contributed by atoms with van der Waals surface area (Å²) in [5, 5.41) is 3.38. The lowest BCUT2D eigenvalue weighted by Crippen LogP contribution is -2.41. The van der Waals surface area contributed by atoms with Crippen molar-refractivity contribution in [3.05, 3.63) is 28.3 Å². The number of rotatable bonds is 4. The van der Waals surface area contributed by atoms with E-state index in [0.29, 0.717) is 10.7 Å². The maximum Gasteiger partial charge on any atom is 0.240 e. The van der Waals surface area contributed by atoms with Gasteiger partial charge in [-0.05, 0) is 43.9 Å². The second-order valence-electron chi connectivity index (χ2n) is 5.36. The summed E-state index contributed by atoms with van der Waals surface area (Å²) in [5.74, 6) is -0.330. The second-order valence-corrected chi connectivity index (χ2v) is 5.77. The Hall–Kier alpha value is -1.55. The van der Waals surface area contributed by atoms with E-state index in [9.17, 15) is 9.59 Å². The molecular weight excluding hydrogens is 276 g/mol. The van der Waals surface area contributed by atoms with Gasteiger partial charge in [-0.15, -0.1) is 0 Å². The van der Waals surface area contributed by atoms with Crippen LogP contribution in [0.25, 0.3) is 0 Å². The zero-order valence-corrected chi connectivity index (χ0v) is 12.8. The molecule has 4 nitrogen and oxygen atoms in total. The topological polar surface area (TPSA) is 49.4 Å². The molecule has 0 unspecified atom stereocenters. The van der Waals surface area contributed by atoms with Crippen molar-refractivity contribution in [2.24, 2.45) is 0 Å². The summed E-state index contributed by atoms with van der Waals surface area (Å²) in [5.41, 5.74) is 2.54.